The minimum atomic E-state index is -1.43. The van der Waals surface area contributed by atoms with E-state index in [9.17, 15) is 32.9 Å². The minimum Gasteiger partial charge on any atom is -0.467 e. The van der Waals surface area contributed by atoms with Crippen LogP contribution in [0.3, 0.4) is 0 Å². The highest BCUT2D eigenvalue weighted by Crippen LogP contribution is 2.17. The monoisotopic (exact) mass is 382 g/mol. The lowest BCUT2D eigenvalue weighted by molar-refractivity contribution is -0.384. The maximum absolute atomic E-state index is 13.7. The zero-order chi connectivity index (χ0) is 20.1. The number of carbonyl (C=O) groups excluding carboxylic acids is 2. The molecular formula is C17H13F3N2O5. The molecule has 1 N–H and O–H groups in total. The number of nitro benzene ring substituents is 1. The molecule has 7 nitrogen and oxygen atoms in total. The van der Waals surface area contributed by atoms with E-state index in [1.807, 2.05) is 0 Å². The second-order valence-electron chi connectivity index (χ2n) is 5.42. The van der Waals surface area contributed by atoms with Crippen LogP contribution in [0.25, 0.3) is 0 Å². The van der Waals surface area contributed by atoms with Gasteiger partial charge in [-0.3, -0.25) is 14.9 Å². The molecule has 0 saturated carbocycles. The molecule has 1 atom stereocenters. The predicted molar refractivity (Wildman–Crippen MR) is 86.4 cm³/mol. The van der Waals surface area contributed by atoms with Crippen molar-refractivity contribution in [2.45, 2.75) is 12.5 Å². The third-order valence-electron chi connectivity index (χ3n) is 3.61. The van der Waals surface area contributed by atoms with Crippen molar-refractivity contribution in [3.63, 3.8) is 0 Å². The molecule has 142 valence electrons. The van der Waals surface area contributed by atoms with Crippen LogP contribution in [-0.2, 0) is 16.0 Å². The Hall–Kier alpha value is -3.43. The maximum atomic E-state index is 13.7. The van der Waals surface area contributed by atoms with Crippen molar-refractivity contribution in [2.75, 3.05) is 7.11 Å². The van der Waals surface area contributed by atoms with Crippen molar-refractivity contribution in [1.82, 2.24) is 5.32 Å². The molecular weight excluding hydrogens is 369 g/mol. The summed E-state index contributed by atoms with van der Waals surface area (Å²) in [7, 11) is 1.05. The van der Waals surface area contributed by atoms with Gasteiger partial charge in [0, 0.05) is 30.7 Å². The number of halogens is 3. The predicted octanol–water partition coefficient (Wildman–Crippen LogP) is 2.53. The number of esters is 1. The third kappa shape index (κ3) is 4.81. The first kappa shape index (κ1) is 19.9. The molecule has 2 aromatic carbocycles. The molecule has 2 rings (SSSR count). The Morgan fingerprint density at radius 1 is 1.15 bits per heavy atom. The summed E-state index contributed by atoms with van der Waals surface area (Å²) in [5.74, 6) is -6.23. The molecule has 0 aliphatic heterocycles. The molecule has 0 aromatic heterocycles. The lowest BCUT2D eigenvalue weighted by Gasteiger charge is -2.17. The SMILES string of the molecule is COC(=O)[C@@H](Cc1ccc([N+](=O)[O-])cc1)NC(=O)c1c(F)cc(F)cc1F. The van der Waals surface area contributed by atoms with Gasteiger partial charge in [-0.2, -0.15) is 0 Å². The maximum Gasteiger partial charge on any atom is 0.328 e. The Labute approximate surface area is 150 Å². The van der Waals surface area contributed by atoms with Crippen molar-refractivity contribution in [3.8, 4) is 0 Å². The quantitative estimate of drug-likeness (QED) is 0.470. The Balaban J connectivity index is 2.23. The number of ether oxygens (including phenoxy) is 1. The summed E-state index contributed by atoms with van der Waals surface area (Å²) < 4.78 is 45.0. The number of nitrogens with zero attached hydrogens (tertiary/aromatic N) is 1. The van der Waals surface area contributed by atoms with Crippen LogP contribution in [0.15, 0.2) is 36.4 Å². The molecule has 1 amide bonds. The van der Waals surface area contributed by atoms with Crippen LogP contribution in [0, 0.1) is 27.6 Å². The highest BCUT2D eigenvalue weighted by atomic mass is 19.1. The number of nitrogens with one attached hydrogen (secondary N) is 1. The molecule has 0 bridgehead atoms. The van der Waals surface area contributed by atoms with Crippen molar-refractivity contribution in [1.29, 1.82) is 0 Å². The van der Waals surface area contributed by atoms with Crippen LogP contribution >= 0.6 is 0 Å². The van der Waals surface area contributed by atoms with E-state index in [2.05, 4.69) is 10.1 Å². The number of methoxy groups -OCH3 is 1. The topological polar surface area (TPSA) is 98.5 Å². The fourth-order valence-corrected chi connectivity index (χ4v) is 2.31. The molecule has 2 aromatic rings. The average Bonchev–Trinajstić information content (AvgIpc) is 2.60. The zero-order valence-electron chi connectivity index (χ0n) is 13.9. The molecule has 0 spiro atoms. The van der Waals surface area contributed by atoms with Gasteiger partial charge in [-0.05, 0) is 5.56 Å². The van der Waals surface area contributed by atoms with E-state index >= 15 is 0 Å². The summed E-state index contributed by atoms with van der Waals surface area (Å²) in [6.45, 7) is 0. The minimum absolute atomic E-state index is 0.152. The lowest BCUT2D eigenvalue weighted by atomic mass is 10.0. The molecule has 0 saturated heterocycles. The first-order valence-corrected chi connectivity index (χ1v) is 7.49. The van der Waals surface area contributed by atoms with E-state index < -0.39 is 45.9 Å². The number of benzene rings is 2. The van der Waals surface area contributed by atoms with Gasteiger partial charge >= 0.3 is 5.97 Å². The molecule has 0 aliphatic carbocycles. The first-order chi connectivity index (χ1) is 12.7. The highest BCUT2D eigenvalue weighted by Gasteiger charge is 2.26. The summed E-state index contributed by atoms with van der Waals surface area (Å²) in [5, 5.41) is 12.8. The molecule has 0 aliphatic rings. The molecule has 27 heavy (non-hydrogen) atoms. The van der Waals surface area contributed by atoms with Crippen molar-refractivity contribution in [2.24, 2.45) is 0 Å². The molecule has 10 heteroatoms. The average molecular weight is 382 g/mol. The summed E-state index contributed by atoms with van der Waals surface area (Å²) in [5.41, 5.74) is -0.793. The summed E-state index contributed by atoms with van der Waals surface area (Å²) >= 11 is 0. The third-order valence-corrected chi connectivity index (χ3v) is 3.61. The summed E-state index contributed by atoms with van der Waals surface area (Å²) in [6.07, 6.45) is -0.152. The normalized spacial score (nSPS) is 11.6. The second-order valence-corrected chi connectivity index (χ2v) is 5.42. The summed E-state index contributed by atoms with van der Waals surface area (Å²) in [6, 6.07) is 4.46. The van der Waals surface area contributed by atoms with E-state index in [0.717, 1.165) is 7.11 Å². The van der Waals surface area contributed by atoms with Gasteiger partial charge in [0.05, 0.1) is 12.0 Å². The Bertz CT molecular complexity index is 864. The zero-order valence-corrected chi connectivity index (χ0v) is 13.9. The number of amides is 1. The standard InChI is InChI=1S/C17H13F3N2O5/c1-27-17(24)14(6-9-2-4-11(5-3-9)22(25)26)21-16(23)15-12(19)7-10(18)8-13(15)20/h2-5,7-8,14H,6H2,1H3,(H,21,23)/t14-/m1/s1. The summed E-state index contributed by atoms with van der Waals surface area (Å²) in [4.78, 5) is 34.1. The van der Waals surface area contributed by atoms with Gasteiger partial charge in [0.15, 0.2) is 0 Å². The Kier molecular flexibility index (Phi) is 6.11. The van der Waals surface area contributed by atoms with E-state index in [1.165, 1.54) is 24.3 Å². The number of hydrogen-bond acceptors (Lipinski definition) is 5. The van der Waals surface area contributed by atoms with E-state index in [-0.39, 0.29) is 12.1 Å². The first-order valence-electron chi connectivity index (χ1n) is 7.49. The molecule has 0 unspecified atom stereocenters. The number of non-ortho nitro benzene ring substituents is 1. The van der Waals surface area contributed by atoms with Crippen LogP contribution < -0.4 is 5.32 Å². The number of rotatable bonds is 6. The van der Waals surface area contributed by atoms with Crippen molar-refractivity contribution < 1.29 is 32.4 Å². The molecule has 0 fully saturated rings. The van der Waals surface area contributed by atoms with Gasteiger partial charge in [-0.15, -0.1) is 0 Å². The molecule has 0 heterocycles. The second kappa shape index (κ2) is 8.30. The number of carbonyl (C=O) groups is 2. The van der Waals surface area contributed by atoms with Crippen LogP contribution in [0.5, 0.6) is 0 Å². The van der Waals surface area contributed by atoms with Crippen LogP contribution in [0.4, 0.5) is 18.9 Å². The van der Waals surface area contributed by atoms with Crippen LogP contribution in [0.2, 0.25) is 0 Å². The van der Waals surface area contributed by atoms with Gasteiger partial charge in [-0.25, -0.2) is 18.0 Å². The van der Waals surface area contributed by atoms with E-state index in [0.29, 0.717) is 17.7 Å². The van der Waals surface area contributed by atoms with Gasteiger partial charge < -0.3 is 10.1 Å². The van der Waals surface area contributed by atoms with Crippen LogP contribution in [-0.4, -0.2) is 30.0 Å². The highest BCUT2D eigenvalue weighted by molar-refractivity contribution is 5.97. The fraction of sp³-hybridized carbons (Fsp3) is 0.176. The van der Waals surface area contributed by atoms with Gasteiger partial charge in [0.2, 0.25) is 0 Å². The number of nitro groups is 1. The van der Waals surface area contributed by atoms with Gasteiger partial charge in [0.25, 0.3) is 11.6 Å². The van der Waals surface area contributed by atoms with Gasteiger partial charge in [-0.1, -0.05) is 12.1 Å². The van der Waals surface area contributed by atoms with Gasteiger partial charge in [0.1, 0.15) is 29.1 Å². The Morgan fingerprint density at radius 3 is 2.19 bits per heavy atom. The largest absolute Gasteiger partial charge is 0.467 e. The van der Waals surface area contributed by atoms with Crippen molar-refractivity contribution in [3.05, 3.63) is 75.1 Å². The van der Waals surface area contributed by atoms with E-state index in [1.54, 1.807) is 0 Å². The fourth-order valence-electron chi connectivity index (χ4n) is 2.31. The smallest absolute Gasteiger partial charge is 0.328 e. The lowest BCUT2D eigenvalue weighted by Crippen LogP contribution is -2.43. The molecule has 0 radical (unpaired) electrons. The van der Waals surface area contributed by atoms with Crippen molar-refractivity contribution >= 4 is 17.6 Å². The number of hydrogen-bond donors (Lipinski definition) is 1. The van der Waals surface area contributed by atoms with Crippen LogP contribution in [0.1, 0.15) is 15.9 Å². The Morgan fingerprint density at radius 2 is 1.70 bits per heavy atom. The van der Waals surface area contributed by atoms with E-state index in [4.69, 9.17) is 0 Å².